The van der Waals surface area contributed by atoms with E-state index < -0.39 is 35.2 Å². The maximum absolute atomic E-state index is 11.0. The van der Waals surface area contributed by atoms with Crippen LogP contribution in [0.4, 0.5) is 0 Å². The first-order valence-electron chi connectivity index (χ1n) is 7.44. The van der Waals surface area contributed by atoms with Crippen molar-refractivity contribution < 1.29 is 44.0 Å². The summed E-state index contributed by atoms with van der Waals surface area (Å²) in [7, 11) is 0. The van der Waals surface area contributed by atoms with Crippen LogP contribution in [-0.4, -0.2) is 51.6 Å². The molecule has 0 amide bonds. The van der Waals surface area contributed by atoms with Crippen LogP contribution in [0.2, 0.25) is 0 Å². The van der Waals surface area contributed by atoms with Crippen molar-refractivity contribution in [2.45, 2.75) is 39.5 Å². The lowest BCUT2D eigenvalue weighted by Gasteiger charge is -1.97. The predicted molar refractivity (Wildman–Crippen MR) is 85.9 cm³/mol. The number of hydrogen-bond donors (Lipinski definition) is 3. The van der Waals surface area contributed by atoms with Gasteiger partial charge in [-0.2, -0.15) is 0 Å². The number of unbranched alkanes of at least 4 members (excludes halogenated alkanes) is 1. The number of Topliss-reactive ketones (excluding diaryl/α,β-unsaturated/α-hetero) is 1. The monoisotopic (exact) mass is 358 g/mol. The molecule has 3 N–H and O–H groups in total. The normalized spacial score (nSPS) is 10.6. The summed E-state index contributed by atoms with van der Waals surface area (Å²) in [5.74, 6) is -5.34. The van der Waals surface area contributed by atoms with Crippen LogP contribution in [0.15, 0.2) is 23.8 Å². The molecule has 0 aromatic carbocycles. The maximum atomic E-state index is 11.0. The lowest BCUT2D eigenvalue weighted by molar-refractivity contribution is -0.139. The summed E-state index contributed by atoms with van der Waals surface area (Å²) in [6, 6.07) is 0. The molecule has 0 rings (SSSR count). The number of aliphatic carboxylic acids is 3. The lowest BCUT2D eigenvalue weighted by Crippen LogP contribution is -2.13. The molecule has 140 valence electrons. The van der Waals surface area contributed by atoms with Gasteiger partial charge in [-0.25, -0.2) is 19.2 Å². The first-order valence-corrected chi connectivity index (χ1v) is 7.44. The van der Waals surface area contributed by atoms with Gasteiger partial charge in [0.05, 0.1) is 6.61 Å². The average Bonchev–Trinajstić information content (AvgIpc) is 2.51. The zero-order valence-electron chi connectivity index (χ0n) is 14.1. The van der Waals surface area contributed by atoms with Crippen molar-refractivity contribution in [2.24, 2.45) is 0 Å². The number of ether oxygens (including phenoxy) is 1. The zero-order valence-corrected chi connectivity index (χ0v) is 14.1. The van der Waals surface area contributed by atoms with Crippen molar-refractivity contribution in [3.8, 4) is 0 Å². The van der Waals surface area contributed by atoms with Crippen LogP contribution in [-0.2, 0) is 28.7 Å². The first kappa shape index (κ1) is 24.3. The molecule has 0 saturated heterocycles. The summed E-state index contributed by atoms with van der Waals surface area (Å²) in [5, 5.41) is 24.9. The van der Waals surface area contributed by atoms with Gasteiger partial charge in [0.25, 0.3) is 0 Å². The predicted octanol–water partition coefficient (Wildman–Crippen LogP) is 1.42. The van der Waals surface area contributed by atoms with Crippen molar-refractivity contribution in [1.82, 2.24) is 0 Å². The Morgan fingerprint density at radius 1 is 0.880 bits per heavy atom. The number of carbonyl (C=O) groups is 5. The summed E-state index contributed by atoms with van der Waals surface area (Å²) < 4.78 is 4.64. The third-order valence-corrected chi connectivity index (χ3v) is 2.38. The highest BCUT2D eigenvalue weighted by molar-refractivity contribution is 6.19. The van der Waals surface area contributed by atoms with Crippen LogP contribution in [0.25, 0.3) is 0 Å². The zero-order chi connectivity index (χ0) is 19.8. The molecule has 0 spiro atoms. The number of ketones is 1. The van der Waals surface area contributed by atoms with Crippen LogP contribution >= 0.6 is 0 Å². The molecule has 0 bridgehead atoms. The molecule has 0 saturated carbocycles. The standard InChI is InChI=1S/C8H10O5.C8H12O4/c1-2-3-6(9)5(8(12)13)4-7(10)11;1-2-3-6-12-8(11)5-4-7(9)10/h4H,2-3H2,1H3,(H,10,11)(H,12,13);4-5H,2-3,6H2,1H3,(H,9,10)/b2*5-4+. The quantitative estimate of drug-likeness (QED) is 0.173. The lowest BCUT2D eigenvalue weighted by atomic mass is 10.1. The minimum Gasteiger partial charge on any atom is -0.478 e. The molecule has 0 fully saturated rings. The second-order valence-corrected chi connectivity index (χ2v) is 4.57. The van der Waals surface area contributed by atoms with E-state index in [0.29, 0.717) is 19.1 Å². The van der Waals surface area contributed by atoms with E-state index in [-0.39, 0.29) is 6.42 Å². The van der Waals surface area contributed by atoms with Crippen LogP contribution in [0.1, 0.15) is 39.5 Å². The van der Waals surface area contributed by atoms with Gasteiger partial charge in [-0.3, -0.25) is 4.79 Å². The molecule has 0 atom stereocenters. The van der Waals surface area contributed by atoms with Crippen molar-refractivity contribution in [3.05, 3.63) is 23.8 Å². The second kappa shape index (κ2) is 14.6. The molecular weight excluding hydrogens is 336 g/mol. The Morgan fingerprint density at radius 3 is 1.88 bits per heavy atom. The van der Waals surface area contributed by atoms with Gasteiger partial charge in [0.2, 0.25) is 0 Å². The number of hydrogen-bond acceptors (Lipinski definition) is 6. The second-order valence-electron chi connectivity index (χ2n) is 4.57. The summed E-state index contributed by atoms with van der Waals surface area (Å²) >= 11 is 0. The van der Waals surface area contributed by atoms with E-state index in [4.69, 9.17) is 15.3 Å². The Balaban J connectivity index is 0. The molecule has 0 aromatic heterocycles. The van der Waals surface area contributed by atoms with Crippen LogP contribution < -0.4 is 0 Å². The van der Waals surface area contributed by atoms with E-state index in [0.717, 1.165) is 25.0 Å². The number of carboxylic acid groups (broad SMARTS) is 3. The molecule has 0 aliphatic rings. The summed E-state index contributed by atoms with van der Waals surface area (Å²) in [6.07, 6.45) is 4.35. The fourth-order valence-corrected chi connectivity index (χ4v) is 1.25. The molecule has 0 radical (unpaired) electrons. The van der Waals surface area contributed by atoms with Gasteiger partial charge in [-0.15, -0.1) is 0 Å². The highest BCUT2D eigenvalue weighted by atomic mass is 16.5. The van der Waals surface area contributed by atoms with Gasteiger partial charge in [0.15, 0.2) is 5.78 Å². The fourth-order valence-electron chi connectivity index (χ4n) is 1.25. The topological polar surface area (TPSA) is 155 Å². The Kier molecular flexibility index (Phi) is 14.2. The van der Waals surface area contributed by atoms with Gasteiger partial charge in [0, 0.05) is 24.6 Å². The minimum absolute atomic E-state index is 0.0470. The van der Waals surface area contributed by atoms with Crippen molar-refractivity contribution >= 4 is 29.7 Å². The SMILES string of the molecule is CCCC(=O)/C(=C\C(=O)O)C(=O)O.CCCCOC(=O)/C=C/C(=O)O. The largest absolute Gasteiger partial charge is 0.478 e. The van der Waals surface area contributed by atoms with Gasteiger partial charge < -0.3 is 20.1 Å². The summed E-state index contributed by atoms with van der Waals surface area (Å²) in [6.45, 7) is 4.03. The number of rotatable bonds is 10. The minimum atomic E-state index is -1.50. The molecule has 9 nitrogen and oxygen atoms in total. The maximum Gasteiger partial charge on any atom is 0.339 e. The fraction of sp³-hybridized carbons (Fsp3) is 0.438. The molecule has 0 aromatic rings. The first-order chi connectivity index (χ1) is 11.6. The van der Waals surface area contributed by atoms with Gasteiger partial charge in [-0.05, 0) is 12.8 Å². The Bertz CT molecular complexity index is 544. The van der Waals surface area contributed by atoms with E-state index in [1.165, 1.54) is 0 Å². The molecule has 0 heterocycles. The third-order valence-electron chi connectivity index (χ3n) is 2.38. The average molecular weight is 358 g/mol. The van der Waals surface area contributed by atoms with Crippen molar-refractivity contribution in [2.75, 3.05) is 6.61 Å². The number of carbonyl (C=O) groups excluding carboxylic acids is 2. The van der Waals surface area contributed by atoms with Gasteiger partial charge in [-0.1, -0.05) is 20.3 Å². The number of esters is 1. The molecule has 25 heavy (non-hydrogen) atoms. The molecule has 0 aliphatic carbocycles. The van der Waals surface area contributed by atoms with E-state index >= 15 is 0 Å². The van der Waals surface area contributed by atoms with Crippen LogP contribution in [0.5, 0.6) is 0 Å². The van der Waals surface area contributed by atoms with E-state index in [2.05, 4.69) is 4.74 Å². The van der Waals surface area contributed by atoms with Crippen LogP contribution in [0, 0.1) is 0 Å². The summed E-state index contributed by atoms with van der Waals surface area (Å²) in [4.78, 5) is 52.1. The summed E-state index contributed by atoms with van der Waals surface area (Å²) in [5.41, 5.74) is -0.672. The molecule has 0 unspecified atom stereocenters. The van der Waals surface area contributed by atoms with Crippen LogP contribution in [0.3, 0.4) is 0 Å². The Morgan fingerprint density at radius 2 is 1.48 bits per heavy atom. The highest BCUT2D eigenvalue weighted by Gasteiger charge is 2.17. The third kappa shape index (κ3) is 15.7. The van der Waals surface area contributed by atoms with Crippen molar-refractivity contribution in [1.29, 1.82) is 0 Å². The molecule has 0 aliphatic heterocycles. The van der Waals surface area contributed by atoms with Gasteiger partial charge in [0.1, 0.15) is 5.57 Å². The Labute approximate surface area is 144 Å². The van der Waals surface area contributed by atoms with Gasteiger partial charge >= 0.3 is 23.9 Å². The van der Waals surface area contributed by atoms with Crippen molar-refractivity contribution in [3.63, 3.8) is 0 Å². The highest BCUT2D eigenvalue weighted by Crippen LogP contribution is 2.02. The van der Waals surface area contributed by atoms with E-state index in [1.807, 2.05) is 6.92 Å². The smallest absolute Gasteiger partial charge is 0.339 e. The molecule has 9 heteroatoms. The molecular formula is C16H22O9. The van der Waals surface area contributed by atoms with E-state index in [9.17, 15) is 24.0 Å². The Hall–Kier alpha value is -2.97. The number of carboxylic acids is 3. The van der Waals surface area contributed by atoms with E-state index in [1.54, 1.807) is 6.92 Å².